The number of hydrogen-bond donors (Lipinski definition) is 1. The number of methoxy groups -OCH3 is 3. The summed E-state index contributed by atoms with van der Waals surface area (Å²) < 4.78 is 17.6. The normalized spacial score (nSPS) is 10.9. The molecule has 0 spiro atoms. The Morgan fingerprint density at radius 2 is 1.97 bits per heavy atom. The van der Waals surface area contributed by atoms with E-state index in [1.165, 1.54) is 17.4 Å². The second-order valence-corrected chi connectivity index (χ2v) is 6.74. The van der Waals surface area contributed by atoms with E-state index in [-0.39, 0.29) is 5.91 Å². The summed E-state index contributed by atoms with van der Waals surface area (Å²) in [5.41, 5.74) is 1.67. The highest BCUT2D eigenvalue weighted by molar-refractivity contribution is 7.12. The highest BCUT2D eigenvalue weighted by Gasteiger charge is 2.12. The molecule has 1 aromatic carbocycles. The van der Waals surface area contributed by atoms with E-state index in [0.29, 0.717) is 30.2 Å². The number of carbonyl (C=O) groups is 1. The first-order valence-corrected chi connectivity index (χ1v) is 9.73. The summed E-state index contributed by atoms with van der Waals surface area (Å²) in [5.74, 6) is 1.38. The molecule has 0 radical (unpaired) electrons. The highest BCUT2D eigenvalue weighted by Crippen LogP contribution is 2.38. The second kappa shape index (κ2) is 9.74. The fourth-order valence-electron chi connectivity index (χ4n) is 2.64. The lowest BCUT2D eigenvalue weighted by atomic mass is 10.1. The molecule has 2 heterocycles. The van der Waals surface area contributed by atoms with Crippen molar-refractivity contribution in [3.05, 3.63) is 53.3 Å². The van der Waals surface area contributed by atoms with Crippen LogP contribution in [0.5, 0.6) is 17.2 Å². The van der Waals surface area contributed by atoms with Crippen LogP contribution < -0.4 is 19.5 Å². The van der Waals surface area contributed by atoms with Gasteiger partial charge in [-0.3, -0.25) is 4.79 Å². The molecule has 1 amide bonds. The van der Waals surface area contributed by atoms with E-state index >= 15 is 0 Å². The Bertz CT molecular complexity index is 957. The van der Waals surface area contributed by atoms with Gasteiger partial charge in [-0.2, -0.15) is 5.10 Å². The summed E-state index contributed by atoms with van der Waals surface area (Å²) in [6, 6.07) is 5.40. The van der Waals surface area contributed by atoms with Crippen LogP contribution in [0.25, 0.3) is 11.2 Å². The van der Waals surface area contributed by atoms with Crippen LogP contribution in [0.1, 0.15) is 11.3 Å². The van der Waals surface area contributed by atoms with Crippen molar-refractivity contribution in [1.29, 1.82) is 0 Å². The van der Waals surface area contributed by atoms with Gasteiger partial charge in [0.05, 0.1) is 27.0 Å². The van der Waals surface area contributed by atoms with E-state index in [4.69, 9.17) is 14.2 Å². The van der Waals surface area contributed by atoms with Gasteiger partial charge >= 0.3 is 0 Å². The molecule has 8 nitrogen and oxygen atoms in total. The quantitative estimate of drug-likeness (QED) is 0.542. The van der Waals surface area contributed by atoms with E-state index in [9.17, 15) is 4.79 Å². The van der Waals surface area contributed by atoms with Gasteiger partial charge < -0.3 is 19.5 Å². The zero-order valence-electron chi connectivity index (χ0n) is 16.4. The lowest BCUT2D eigenvalue weighted by Crippen LogP contribution is -2.23. The molecule has 0 atom stereocenters. The van der Waals surface area contributed by atoms with Gasteiger partial charge in [0.2, 0.25) is 16.8 Å². The predicted molar refractivity (Wildman–Crippen MR) is 111 cm³/mol. The number of rotatable bonds is 9. The van der Waals surface area contributed by atoms with Gasteiger partial charge in [0, 0.05) is 36.8 Å². The third kappa shape index (κ3) is 5.14. The fraction of sp³-hybridized carbons (Fsp3) is 0.250. The molecule has 0 fully saturated rings. The first-order valence-electron chi connectivity index (χ1n) is 8.85. The van der Waals surface area contributed by atoms with Gasteiger partial charge in [0.15, 0.2) is 11.5 Å². The smallest absolute Gasteiger partial charge is 0.244 e. The Labute approximate surface area is 172 Å². The molecule has 0 saturated carbocycles. The summed E-state index contributed by atoms with van der Waals surface area (Å²) in [5, 5.41) is 9.78. The second-order valence-electron chi connectivity index (χ2n) is 5.91. The van der Waals surface area contributed by atoms with Crippen molar-refractivity contribution in [2.24, 2.45) is 0 Å². The molecule has 152 valence electrons. The predicted octanol–water partition coefficient (Wildman–Crippen LogP) is 2.73. The summed E-state index contributed by atoms with van der Waals surface area (Å²) in [4.78, 5) is 16.6. The Morgan fingerprint density at radius 1 is 1.21 bits per heavy atom. The molecule has 0 saturated heterocycles. The lowest BCUT2D eigenvalue weighted by molar-refractivity contribution is -0.116. The average molecular weight is 414 g/mol. The first kappa shape index (κ1) is 20.4. The SMILES string of the molecule is COc1cc(/C=C/C(=O)NCCc2csc(-n3cccn3)n2)cc(OC)c1OC. The molecule has 3 aromatic rings. The van der Waals surface area contributed by atoms with Crippen LogP contribution in [-0.2, 0) is 11.2 Å². The van der Waals surface area contributed by atoms with Gasteiger partial charge in [0.25, 0.3) is 0 Å². The van der Waals surface area contributed by atoms with Crippen molar-refractivity contribution in [3.63, 3.8) is 0 Å². The van der Waals surface area contributed by atoms with E-state index in [0.717, 1.165) is 16.4 Å². The molecule has 0 aliphatic heterocycles. The standard InChI is InChI=1S/C20H22N4O4S/c1-26-16-11-14(12-17(27-2)19(16)28-3)5-6-18(25)21-9-7-15-13-29-20(23-15)24-10-4-8-22-24/h4-6,8,10-13H,7,9H2,1-3H3,(H,21,25)/b6-5+. The molecule has 2 aromatic heterocycles. The van der Waals surface area contributed by atoms with Crippen molar-refractivity contribution >= 4 is 23.3 Å². The minimum absolute atomic E-state index is 0.193. The molecule has 29 heavy (non-hydrogen) atoms. The third-order valence-electron chi connectivity index (χ3n) is 4.03. The number of amides is 1. The van der Waals surface area contributed by atoms with Crippen molar-refractivity contribution in [3.8, 4) is 22.4 Å². The largest absolute Gasteiger partial charge is 0.493 e. The monoisotopic (exact) mass is 414 g/mol. The van der Waals surface area contributed by atoms with E-state index < -0.39 is 0 Å². The maximum absolute atomic E-state index is 12.1. The molecule has 3 rings (SSSR count). The number of aromatic nitrogens is 3. The highest BCUT2D eigenvalue weighted by atomic mass is 32.1. The topological polar surface area (TPSA) is 87.5 Å². The zero-order valence-corrected chi connectivity index (χ0v) is 17.2. The minimum atomic E-state index is -0.193. The van der Waals surface area contributed by atoms with Crippen LogP contribution >= 0.6 is 11.3 Å². The van der Waals surface area contributed by atoms with Crippen molar-refractivity contribution in [2.45, 2.75) is 6.42 Å². The zero-order chi connectivity index (χ0) is 20.6. The molecule has 0 bridgehead atoms. The molecular weight excluding hydrogens is 392 g/mol. The van der Waals surface area contributed by atoms with Crippen LogP contribution in [0.2, 0.25) is 0 Å². The molecule has 0 unspecified atom stereocenters. The average Bonchev–Trinajstić information content (AvgIpc) is 3.43. The molecule has 0 aliphatic carbocycles. The number of benzene rings is 1. The maximum Gasteiger partial charge on any atom is 0.244 e. The summed E-state index contributed by atoms with van der Waals surface area (Å²) in [6.07, 6.45) is 7.36. The van der Waals surface area contributed by atoms with Crippen LogP contribution in [0.3, 0.4) is 0 Å². The van der Waals surface area contributed by atoms with E-state index in [1.807, 2.05) is 17.6 Å². The number of nitrogens with zero attached hydrogens (tertiary/aromatic N) is 3. The third-order valence-corrected chi connectivity index (χ3v) is 4.91. The number of thiazole rings is 1. The minimum Gasteiger partial charge on any atom is -0.493 e. The van der Waals surface area contributed by atoms with Crippen molar-refractivity contribution in [2.75, 3.05) is 27.9 Å². The summed E-state index contributed by atoms with van der Waals surface area (Å²) >= 11 is 1.51. The number of nitrogens with one attached hydrogen (secondary N) is 1. The van der Waals surface area contributed by atoms with Crippen molar-refractivity contribution < 1.29 is 19.0 Å². The van der Waals surface area contributed by atoms with E-state index in [1.54, 1.807) is 50.4 Å². The fourth-order valence-corrected chi connectivity index (χ4v) is 3.44. The van der Waals surface area contributed by atoms with Gasteiger partial charge in [0.1, 0.15) is 0 Å². The molecular formula is C20H22N4O4S. The van der Waals surface area contributed by atoms with Crippen LogP contribution in [-0.4, -0.2) is 48.5 Å². The van der Waals surface area contributed by atoms with Crippen LogP contribution in [0, 0.1) is 0 Å². The Hall–Kier alpha value is -3.33. The van der Waals surface area contributed by atoms with Gasteiger partial charge in [-0.05, 0) is 29.8 Å². The van der Waals surface area contributed by atoms with E-state index in [2.05, 4.69) is 15.4 Å². The Balaban J connectivity index is 1.55. The Morgan fingerprint density at radius 3 is 2.59 bits per heavy atom. The number of carbonyl (C=O) groups excluding carboxylic acids is 1. The van der Waals surface area contributed by atoms with Gasteiger partial charge in [-0.15, -0.1) is 11.3 Å². The summed E-state index contributed by atoms with van der Waals surface area (Å²) in [6.45, 7) is 0.487. The number of hydrogen-bond acceptors (Lipinski definition) is 7. The van der Waals surface area contributed by atoms with Crippen LogP contribution in [0.4, 0.5) is 0 Å². The molecule has 9 heteroatoms. The maximum atomic E-state index is 12.1. The number of ether oxygens (including phenoxy) is 3. The summed E-state index contributed by atoms with van der Waals surface area (Å²) in [7, 11) is 4.64. The molecule has 1 N–H and O–H groups in total. The van der Waals surface area contributed by atoms with Crippen LogP contribution in [0.15, 0.2) is 42.0 Å². The lowest BCUT2D eigenvalue weighted by Gasteiger charge is -2.12. The molecule has 0 aliphatic rings. The van der Waals surface area contributed by atoms with Gasteiger partial charge in [-0.1, -0.05) is 0 Å². The van der Waals surface area contributed by atoms with Crippen molar-refractivity contribution in [1.82, 2.24) is 20.1 Å². The Kier molecular flexibility index (Phi) is 6.85. The first-order chi connectivity index (χ1) is 14.1. The van der Waals surface area contributed by atoms with Gasteiger partial charge in [-0.25, -0.2) is 9.67 Å².